The van der Waals surface area contributed by atoms with Gasteiger partial charge in [-0.05, 0) is 37.8 Å². The predicted molar refractivity (Wildman–Crippen MR) is 95.7 cm³/mol. The molecule has 6 nitrogen and oxygen atoms in total. The first kappa shape index (κ1) is 19.4. The van der Waals surface area contributed by atoms with Gasteiger partial charge in [-0.3, -0.25) is 14.5 Å². The molecule has 138 valence electrons. The zero-order valence-corrected chi connectivity index (χ0v) is 14.6. The molecule has 1 saturated heterocycles. The third-order valence-electron chi connectivity index (χ3n) is 4.66. The van der Waals surface area contributed by atoms with Gasteiger partial charge in [0.05, 0.1) is 6.54 Å². The lowest BCUT2D eigenvalue weighted by atomic mass is 10.0. The number of likely N-dealkylation sites (tertiary alicyclic amines) is 1. The maximum atomic E-state index is 11.6. The zero-order valence-electron chi connectivity index (χ0n) is 14.6. The summed E-state index contributed by atoms with van der Waals surface area (Å²) in [5.41, 5.74) is 1.13. The summed E-state index contributed by atoms with van der Waals surface area (Å²) in [6.45, 7) is 1.35. The van der Waals surface area contributed by atoms with Gasteiger partial charge in [0, 0.05) is 12.6 Å². The molecule has 1 aromatic rings. The summed E-state index contributed by atoms with van der Waals surface area (Å²) < 4.78 is 0. The van der Waals surface area contributed by atoms with Gasteiger partial charge >= 0.3 is 11.9 Å². The fourth-order valence-corrected chi connectivity index (χ4v) is 3.39. The minimum absolute atomic E-state index is 0.0107. The van der Waals surface area contributed by atoms with Gasteiger partial charge < -0.3 is 15.5 Å². The Bertz CT molecular complexity index is 550. The van der Waals surface area contributed by atoms with E-state index < -0.39 is 18.0 Å². The third kappa shape index (κ3) is 7.23. The molecular formula is C19H28N2O4. The third-order valence-corrected chi connectivity index (χ3v) is 4.66. The van der Waals surface area contributed by atoms with E-state index in [1.54, 1.807) is 0 Å². The number of hydrogen-bond donors (Lipinski definition) is 3. The number of benzene rings is 1. The molecular weight excluding hydrogens is 320 g/mol. The highest BCUT2D eigenvalue weighted by atomic mass is 16.4. The average molecular weight is 348 g/mol. The highest BCUT2D eigenvalue weighted by molar-refractivity contribution is 5.73. The molecule has 0 bridgehead atoms. The van der Waals surface area contributed by atoms with E-state index in [4.69, 9.17) is 5.11 Å². The molecule has 3 N–H and O–H groups in total. The second kappa shape index (κ2) is 10.2. The van der Waals surface area contributed by atoms with Crippen molar-refractivity contribution in [3.8, 4) is 0 Å². The van der Waals surface area contributed by atoms with Crippen molar-refractivity contribution in [1.82, 2.24) is 10.2 Å². The van der Waals surface area contributed by atoms with E-state index in [0.717, 1.165) is 37.8 Å². The van der Waals surface area contributed by atoms with Crippen molar-refractivity contribution in [2.24, 2.45) is 0 Å². The Labute approximate surface area is 148 Å². The average Bonchev–Trinajstić information content (AvgIpc) is 2.55. The number of hydrogen-bond acceptors (Lipinski definition) is 4. The molecule has 6 heteroatoms. The number of rotatable bonds is 8. The molecule has 0 aromatic heterocycles. The van der Waals surface area contributed by atoms with E-state index >= 15 is 0 Å². The lowest BCUT2D eigenvalue weighted by molar-refractivity contribution is -0.141. The highest BCUT2D eigenvalue weighted by Crippen LogP contribution is 2.13. The van der Waals surface area contributed by atoms with Crippen LogP contribution in [0.15, 0.2) is 30.3 Å². The minimum atomic E-state index is -0.845. The van der Waals surface area contributed by atoms with Crippen molar-refractivity contribution in [1.29, 1.82) is 0 Å². The van der Waals surface area contributed by atoms with Crippen molar-refractivity contribution in [2.75, 3.05) is 19.6 Å². The maximum absolute atomic E-state index is 11.6. The van der Waals surface area contributed by atoms with Gasteiger partial charge in [-0.15, -0.1) is 0 Å². The molecule has 1 fully saturated rings. The van der Waals surface area contributed by atoms with Crippen molar-refractivity contribution in [3.63, 3.8) is 0 Å². The van der Waals surface area contributed by atoms with Gasteiger partial charge in [-0.1, -0.05) is 43.2 Å². The smallest absolute Gasteiger partial charge is 0.320 e. The van der Waals surface area contributed by atoms with Crippen LogP contribution >= 0.6 is 0 Å². The van der Waals surface area contributed by atoms with Crippen molar-refractivity contribution < 1.29 is 19.8 Å². The normalized spacial score (nSPS) is 20.4. The van der Waals surface area contributed by atoms with Crippen LogP contribution in [-0.4, -0.2) is 58.8 Å². The lowest BCUT2D eigenvalue weighted by Gasteiger charge is -2.31. The van der Waals surface area contributed by atoms with E-state index in [1.807, 2.05) is 35.2 Å². The van der Waals surface area contributed by atoms with Gasteiger partial charge in [0.25, 0.3) is 0 Å². The monoisotopic (exact) mass is 348 g/mol. The number of aliphatic carboxylic acids is 2. The van der Waals surface area contributed by atoms with Gasteiger partial charge in [0.2, 0.25) is 0 Å². The number of aryl methyl sites for hydroxylation is 1. The standard InChI is InChI=1S/C19H28N2O4/c22-18(23)14-21-12-6-2-5-9-16(13-21)20-17(19(24)25)11-10-15-7-3-1-4-8-15/h1,3-4,7-8,16-17,20H,2,5-6,9-14H2,(H,22,23)(H,24,25). The van der Waals surface area contributed by atoms with Crippen LogP contribution < -0.4 is 5.32 Å². The molecule has 1 heterocycles. The van der Waals surface area contributed by atoms with Gasteiger partial charge in [0.1, 0.15) is 6.04 Å². The van der Waals surface area contributed by atoms with E-state index in [-0.39, 0.29) is 12.6 Å². The maximum Gasteiger partial charge on any atom is 0.320 e. The molecule has 2 unspecified atom stereocenters. The Hall–Kier alpha value is -1.92. The first-order valence-electron chi connectivity index (χ1n) is 9.01. The molecule has 2 atom stereocenters. The Kier molecular flexibility index (Phi) is 7.88. The van der Waals surface area contributed by atoms with E-state index in [2.05, 4.69) is 5.32 Å². The van der Waals surface area contributed by atoms with Gasteiger partial charge in [-0.25, -0.2) is 0 Å². The second-order valence-corrected chi connectivity index (χ2v) is 6.76. The van der Waals surface area contributed by atoms with Crippen LogP contribution in [0.2, 0.25) is 0 Å². The quantitative estimate of drug-likeness (QED) is 0.666. The molecule has 25 heavy (non-hydrogen) atoms. The summed E-state index contributed by atoms with van der Waals surface area (Å²) >= 11 is 0. The summed E-state index contributed by atoms with van der Waals surface area (Å²) in [6.07, 6.45) is 5.20. The summed E-state index contributed by atoms with van der Waals surface area (Å²) in [6, 6.07) is 9.26. The molecule has 1 aliphatic heterocycles. The van der Waals surface area contributed by atoms with Crippen molar-refractivity contribution >= 4 is 11.9 Å². The van der Waals surface area contributed by atoms with Crippen LogP contribution in [0.25, 0.3) is 0 Å². The summed E-state index contributed by atoms with van der Waals surface area (Å²) in [5, 5.41) is 21.8. The van der Waals surface area contributed by atoms with Crippen molar-refractivity contribution in [2.45, 2.75) is 50.6 Å². The summed E-state index contributed by atoms with van der Waals surface area (Å²) in [5.74, 6) is -1.68. The highest BCUT2D eigenvalue weighted by Gasteiger charge is 2.24. The van der Waals surface area contributed by atoms with Crippen molar-refractivity contribution in [3.05, 3.63) is 35.9 Å². The largest absolute Gasteiger partial charge is 0.480 e. The zero-order chi connectivity index (χ0) is 18.1. The van der Waals surface area contributed by atoms with Crippen LogP contribution in [-0.2, 0) is 16.0 Å². The van der Waals surface area contributed by atoms with Crippen LogP contribution in [0.3, 0.4) is 0 Å². The van der Waals surface area contributed by atoms with E-state index in [1.165, 1.54) is 0 Å². The van der Waals surface area contributed by atoms with Crippen LogP contribution in [0.4, 0.5) is 0 Å². The van der Waals surface area contributed by atoms with Gasteiger partial charge in [-0.2, -0.15) is 0 Å². The van der Waals surface area contributed by atoms with Crippen LogP contribution in [0.5, 0.6) is 0 Å². The number of nitrogens with zero attached hydrogens (tertiary/aromatic N) is 1. The number of carbonyl (C=O) groups is 2. The molecule has 1 aromatic carbocycles. The fraction of sp³-hybridized carbons (Fsp3) is 0.579. The van der Waals surface area contributed by atoms with Gasteiger partial charge in [0.15, 0.2) is 0 Å². The number of carboxylic acids is 2. The molecule has 0 amide bonds. The Morgan fingerprint density at radius 3 is 2.60 bits per heavy atom. The first-order valence-corrected chi connectivity index (χ1v) is 9.01. The molecule has 0 aliphatic carbocycles. The Balaban J connectivity index is 1.93. The number of nitrogens with one attached hydrogen (secondary N) is 1. The Morgan fingerprint density at radius 1 is 1.16 bits per heavy atom. The molecule has 0 saturated carbocycles. The lowest BCUT2D eigenvalue weighted by Crippen LogP contribution is -2.50. The fourth-order valence-electron chi connectivity index (χ4n) is 3.39. The molecule has 1 aliphatic rings. The SMILES string of the molecule is O=C(O)CN1CCCCCC(NC(CCc2ccccc2)C(=O)O)C1. The predicted octanol–water partition coefficient (Wildman–Crippen LogP) is 1.99. The minimum Gasteiger partial charge on any atom is -0.480 e. The molecule has 2 rings (SSSR count). The molecule has 0 radical (unpaired) electrons. The first-order chi connectivity index (χ1) is 12.0. The Morgan fingerprint density at radius 2 is 1.92 bits per heavy atom. The topological polar surface area (TPSA) is 89.9 Å². The molecule has 0 spiro atoms. The van der Waals surface area contributed by atoms with Crippen LogP contribution in [0, 0.1) is 0 Å². The van der Waals surface area contributed by atoms with E-state index in [9.17, 15) is 14.7 Å². The summed E-state index contributed by atoms with van der Waals surface area (Å²) in [7, 11) is 0. The summed E-state index contributed by atoms with van der Waals surface area (Å²) in [4.78, 5) is 24.6. The van der Waals surface area contributed by atoms with E-state index in [0.29, 0.717) is 19.4 Å². The van der Waals surface area contributed by atoms with Crippen LogP contribution in [0.1, 0.15) is 37.7 Å². The second-order valence-electron chi connectivity index (χ2n) is 6.76. The number of carboxylic acid groups (broad SMARTS) is 2.